The molecule has 0 saturated carbocycles. The fraction of sp³-hybridized carbons (Fsp3) is 0.667. The molecule has 0 aromatic carbocycles. The van der Waals surface area contributed by atoms with E-state index in [1.54, 1.807) is 7.05 Å². The van der Waals surface area contributed by atoms with Crippen molar-refractivity contribution in [3.05, 3.63) is 5.01 Å². The molecular formula is C6H9F2N3OS. The zero-order valence-electron chi connectivity index (χ0n) is 6.96. The summed E-state index contributed by atoms with van der Waals surface area (Å²) in [6, 6.07) is 0. The molecule has 0 saturated heterocycles. The molecule has 0 fully saturated rings. The van der Waals surface area contributed by atoms with Gasteiger partial charge in [-0.15, -0.1) is 10.2 Å². The largest absolute Gasteiger partial charge is 0.463 e. The van der Waals surface area contributed by atoms with E-state index in [2.05, 4.69) is 20.3 Å². The molecule has 1 N–H and O–H groups in total. The minimum atomic E-state index is -2.48. The monoisotopic (exact) mass is 209 g/mol. The van der Waals surface area contributed by atoms with Gasteiger partial charge in [0.2, 0.25) is 0 Å². The summed E-state index contributed by atoms with van der Waals surface area (Å²) in [4.78, 5) is 0. The van der Waals surface area contributed by atoms with Gasteiger partial charge in [0.25, 0.3) is 11.6 Å². The molecule has 4 nitrogen and oxygen atoms in total. The van der Waals surface area contributed by atoms with E-state index in [0.717, 1.165) is 11.3 Å². The third kappa shape index (κ3) is 3.60. The summed E-state index contributed by atoms with van der Waals surface area (Å²) in [5.41, 5.74) is 0. The number of hydrogen-bond acceptors (Lipinski definition) is 5. The predicted octanol–water partition coefficient (Wildman–Crippen LogP) is 0.901. The van der Waals surface area contributed by atoms with Crippen molar-refractivity contribution < 1.29 is 13.5 Å². The maximum Gasteiger partial charge on any atom is 0.294 e. The minimum absolute atomic E-state index is 0.186. The molecule has 7 heteroatoms. The highest BCUT2D eigenvalue weighted by Crippen LogP contribution is 2.17. The summed E-state index contributed by atoms with van der Waals surface area (Å²) in [7, 11) is 1.76. The third-order valence-corrected chi connectivity index (χ3v) is 1.94. The third-order valence-electron chi connectivity index (χ3n) is 1.11. The lowest BCUT2D eigenvalue weighted by atomic mass is 10.7. The van der Waals surface area contributed by atoms with Gasteiger partial charge in [-0.2, -0.15) is 0 Å². The normalized spacial score (nSPS) is 10.8. The number of aromatic nitrogens is 2. The van der Waals surface area contributed by atoms with Crippen LogP contribution in [0.25, 0.3) is 0 Å². The Balaban J connectivity index is 2.39. The second-order valence-corrected chi connectivity index (χ2v) is 3.22. The van der Waals surface area contributed by atoms with E-state index >= 15 is 0 Å². The van der Waals surface area contributed by atoms with E-state index in [9.17, 15) is 8.78 Å². The minimum Gasteiger partial charge on any atom is -0.463 e. The van der Waals surface area contributed by atoms with Crippen LogP contribution in [0.15, 0.2) is 0 Å². The molecule has 0 unspecified atom stereocenters. The average Bonchev–Trinajstić information content (AvgIpc) is 2.50. The van der Waals surface area contributed by atoms with Crippen LogP contribution in [-0.2, 0) is 6.54 Å². The smallest absolute Gasteiger partial charge is 0.294 e. The van der Waals surface area contributed by atoms with E-state index in [1.807, 2.05) is 0 Å². The van der Waals surface area contributed by atoms with E-state index in [1.165, 1.54) is 0 Å². The van der Waals surface area contributed by atoms with Gasteiger partial charge in [-0.25, -0.2) is 8.78 Å². The van der Waals surface area contributed by atoms with E-state index < -0.39 is 13.0 Å². The molecule has 0 aliphatic heterocycles. The molecular weight excluding hydrogens is 200 g/mol. The Morgan fingerprint density at radius 2 is 2.31 bits per heavy atom. The Morgan fingerprint density at radius 1 is 1.54 bits per heavy atom. The molecule has 1 aromatic rings. The fourth-order valence-electron chi connectivity index (χ4n) is 0.653. The van der Waals surface area contributed by atoms with Gasteiger partial charge in [0, 0.05) is 6.54 Å². The van der Waals surface area contributed by atoms with Gasteiger partial charge in [0.05, 0.1) is 0 Å². The lowest BCUT2D eigenvalue weighted by Crippen LogP contribution is -2.06. The first-order chi connectivity index (χ1) is 6.22. The molecule has 0 atom stereocenters. The van der Waals surface area contributed by atoms with Crippen LogP contribution in [0, 0.1) is 0 Å². The molecule has 0 bridgehead atoms. The number of halogens is 2. The predicted molar refractivity (Wildman–Crippen MR) is 44.2 cm³/mol. The number of ether oxygens (including phenoxy) is 1. The van der Waals surface area contributed by atoms with Crippen molar-refractivity contribution in [1.82, 2.24) is 15.5 Å². The van der Waals surface area contributed by atoms with Crippen LogP contribution in [0.3, 0.4) is 0 Å². The van der Waals surface area contributed by atoms with Crippen molar-refractivity contribution in [3.63, 3.8) is 0 Å². The molecule has 1 rings (SSSR count). The molecule has 0 aliphatic carbocycles. The Morgan fingerprint density at radius 3 is 2.92 bits per heavy atom. The fourth-order valence-corrected chi connectivity index (χ4v) is 1.36. The van der Waals surface area contributed by atoms with Crippen LogP contribution in [0.5, 0.6) is 5.19 Å². The van der Waals surface area contributed by atoms with Crippen molar-refractivity contribution in [2.75, 3.05) is 13.7 Å². The number of alkyl halides is 2. The Labute approximate surface area is 77.9 Å². The lowest BCUT2D eigenvalue weighted by Gasteiger charge is -1.97. The standard InChI is InChI=1S/C6H9F2N3OS/c1-9-2-5-10-11-6(13-5)12-3-4(7)8/h4,9H,2-3H2,1H3. The summed E-state index contributed by atoms with van der Waals surface area (Å²) in [6.07, 6.45) is -2.48. The highest BCUT2D eigenvalue weighted by Gasteiger charge is 2.07. The Kier molecular flexibility index (Phi) is 3.97. The van der Waals surface area contributed by atoms with Gasteiger partial charge in [-0.1, -0.05) is 11.3 Å². The number of nitrogens with one attached hydrogen (secondary N) is 1. The van der Waals surface area contributed by atoms with Gasteiger partial charge in [-0.3, -0.25) is 0 Å². The van der Waals surface area contributed by atoms with Crippen molar-refractivity contribution in [2.24, 2.45) is 0 Å². The van der Waals surface area contributed by atoms with Crippen molar-refractivity contribution in [1.29, 1.82) is 0 Å². The summed E-state index contributed by atoms with van der Waals surface area (Å²) in [6.45, 7) is -0.0656. The molecule has 1 aromatic heterocycles. The summed E-state index contributed by atoms with van der Waals surface area (Å²) < 4.78 is 28.1. The zero-order valence-corrected chi connectivity index (χ0v) is 7.77. The Bertz CT molecular complexity index is 256. The molecule has 1 heterocycles. The second-order valence-electron chi connectivity index (χ2n) is 2.19. The summed E-state index contributed by atoms with van der Waals surface area (Å²) in [5, 5.41) is 11.1. The lowest BCUT2D eigenvalue weighted by molar-refractivity contribution is 0.0814. The van der Waals surface area contributed by atoms with Gasteiger partial charge in [0.1, 0.15) is 5.01 Å². The highest BCUT2D eigenvalue weighted by molar-refractivity contribution is 7.13. The van der Waals surface area contributed by atoms with Crippen LogP contribution in [-0.4, -0.2) is 30.3 Å². The first-order valence-electron chi connectivity index (χ1n) is 3.60. The number of rotatable bonds is 5. The molecule has 0 aliphatic rings. The molecule has 74 valence electrons. The van der Waals surface area contributed by atoms with E-state index in [0.29, 0.717) is 11.6 Å². The number of hydrogen-bond donors (Lipinski definition) is 1. The first-order valence-corrected chi connectivity index (χ1v) is 4.42. The topological polar surface area (TPSA) is 47.0 Å². The molecule has 0 amide bonds. The SMILES string of the molecule is CNCc1nnc(OCC(F)F)s1. The quantitative estimate of drug-likeness (QED) is 0.782. The van der Waals surface area contributed by atoms with Crippen LogP contribution in [0.2, 0.25) is 0 Å². The average molecular weight is 209 g/mol. The maximum atomic E-state index is 11.7. The first kappa shape index (κ1) is 10.3. The maximum absolute atomic E-state index is 11.7. The molecule has 0 spiro atoms. The molecule has 13 heavy (non-hydrogen) atoms. The Hall–Kier alpha value is -0.820. The van der Waals surface area contributed by atoms with Gasteiger partial charge >= 0.3 is 0 Å². The van der Waals surface area contributed by atoms with Gasteiger partial charge < -0.3 is 10.1 Å². The van der Waals surface area contributed by atoms with Crippen LogP contribution in [0.4, 0.5) is 8.78 Å². The van der Waals surface area contributed by atoms with Crippen molar-refractivity contribution in [3.8, 4) is 5.19 Å². The molecule has 0 radical (unpaired) electrons. The van der Waals surface area contributed by atoms with E-state index in [4.69, 9.17) is 0 Å². The summed E-state index contributed by atoms with van der Waals surface area (Å²) >= 11 is 1.16. The van der Waals surface area contributed by atoms with Crippen molar-refractivity contribution >= 4 is 11.3 Å². The zero-order chi connectivity index (χ0) is 9.68. The van der Waals surface area contributed by atoms with Crippen LogP contribution in [0.1, 0.15) is 5.01 Å². The van der Waals surface area contributed by atoms with Gasteiger partial charge in [-0.05, 0) is 7.05 Å². The second kappa shape index (κ2) is 5.03. The highest BCUT2D eigenvalue weighted by atomic mass is 32.1. The van der Waals surface area contributed by atoms with E-state index in [-0.39, 0.29) is 5.19 Å². The van der Waals surface area contributed by atoms with Gasteiger partial charge in [0.15, 0.2) is 6.61 Å². The number of nitrogens with zero attached hydrogens (tertiary/aromatic N) is 2. The van der Waals surface area contributed by atoms with Crippen LogP contribution >= 0.6 is 11.3 Å². The van der Waals surface area contributed by atoms with Crippen LogP contribution < -0.4 is 10.1 Å². The van der Waals surface area contributed by atoms with Crippen molar-refractivity contribution in [2.45, 2.75) is 13.0 Å². The summed E-state index contributed by atoms with van der Waals surface area (Å²) in [5.74, 6) is 0.